The van der Waals surface area contributed by atoms with Gasteiger partial charge in [-0.15, -0.1) is 0 Å². The second kappa shape index (κ2) is 7.58. The highest BCUT2D eigenvalue weighted by molar-refractivity contribution is 14.1. The van der Waals surface area contributed by atoms with E-state index in [0.29, 0.717) is 23.0 Å². The van der Waals surface area contributed by atoms with Gasteiger partial charge in [-0.2, -0.15) is 5.10 Å². The average molecular weight is 466 g/mol. The molecule has 0 spiro atoms. The van der Waals surface area contributed by atoms with Crippen LogP contribution < -0.4 is 5.32 Å². The van der Waals surface area contributed by atoms with Crippen LogP contribution in [0.25, 0.3) is 0 Å². The molecule has 0 radical (unpaired) electrons. The van der Waals surface area contributed by atoms with Gasteiger partial charge in [0.15, 0.2) is 0 Å². The highest BCUT2D eigenvalue weighted by Gasteiger charge is 2.20. The first kappa shape index (κ1) is 17.9. The fourth-order valence-electron chi connectivity index (χ4n) is 2.51. The average Bonchev–Trinajstić information content (AvgIpc) is 2.85. The maximum absolute atomic E-state index is 12.6. The molecule has 2 aromatic carbocycles. The summed E-state index contributed by atoms with van der Waals surface area (Å²) < 4.78 is 2.76. The van der Waals surface area contributed by atoms with E-state index in [1.54, 1.807) is 11.6 Å². The van der Waals surface area contributed by atoms with Crippen molar-refractivity contribution in [3.8, 4) is 0 Å². The van der Waals surface area contributed by atoms with Gasteiger partial charge >= 0.3 is 0 Å². The predicted octanol–water partition coefficient (Wildman–Crippen LogP) is 5.06. The summed E-state index contributed by atoms with van der Waals surface area (Å²) >= 11 is 8.66. The Morgan fingerprint density at radius 3 is 2.40 bits per heavy atom. The van der Waals surface area contributed by atoms with Crippen LogP contribution in [0.2, 0.25) is 5.15 Å². The molecule has 1 amide bonds. The van der Waals surface area contributed by atoms with Crippen molar-refractivity contribution in [3.63, 3.8) is 0 Å². The highest BCUT2D eigenvalue weighted by atomic mass is 127. The molecular formula is C19H17ClIN3O. The van der Waals surface area contributed by atoms with E-state index < -0.39 is 0 Å². The molecule has 1 aromatic heterocycles. The molecule has 0 saturated heterocycles. The molecule has 0 aliphatic carbocycles. The smallest absolute Gasteiger partial charge is 0.260 e. The summed E-state index contributed by atoms with van der Waals surface area (Å²) in [6.45, 7) is 4.36. The normalized spacial score (nSPS) is 10.7. The predicted molar refractivity (Wildman–Crippen MR) is 109 cm³/mol. The minimum Gasteiger partial charge on any atom is -0.322 e. The zero-order valence-electron chi connectivity index (χ0n) is 13.9. The number of carbonyl (C=O) groups is 1. The van der Waals surface area contributed by atoms with Crippen molar-refractivity contribution >= 4 is 45.8 Å². The van der Waals surface area contributed by atoms with Gasteiger partial charge in [0.25, 0.3) is 5.91 Å². The summed E-state index contributed by atoms with van der Waals surface area (Å²) in [5, 5.41) is 7.65. The van der Waals surface area contributed by atoms with Gasteiger partial charge in [0.1, 0.15) is 5.15 Å². The monoisotopic (exact) mass is 465 g/mol. The third-order valence-electron chi connectivity index (χ3n) is 3.85. The SMILES string of the molecule is Cc1ccc(Cn2nc(C)c(C(=O)Nc3ccc(I)cc3)c2Cl)cc1. The molecule has 25 heavy (non-hydrogen) atoms. The van der Waals surface area contributed by atoms with Crippen molar-refractivity contribution in [2.45, 2.75) is 20.4 Å². The largest absolute Gasteiger partial charge is 0.322 e. The Morgan fingerprint density at radius 2 is 1.76 bits per heavy atom. The van der Waals surface area contributed by atoms with Crippen LogP contribution in [0.1, 0.15) is 27.2 Å². The van der Waals surface area contributed by atoms with Crippen LogP contribution in [-0.2, 0) is 6.54 Å². The minimum absolute atomic E-state index is 0.251. The van der Waals surface area contributed by atoms with E-state index in [-0.39, 0.29) is 5.91 Å². The summed E-state index contributed by atoms with van der Waals surface area (Å²) in [6.07, 6.45) is 0. The Balaban J connectivity index is 1.82. The molecule has 6 heteroatoms. The lowest BCUT2D eigenvalue weighted by atomic mass is 10.1. The summed E-state index contributed by atoms with van der Waals surface area (Å²) in [5.74, 6) is -0.251. The number of nitrogens with one attached hydrogen (secondary N) is 1. The summed E-state index contributed by atoms with van der Waals surface area (Å²) in [7, 11) is 0. The quantitative estimate of drug-likeness (QED) is 0.548. The van der Waals surface area contributed by atoms with Gasteiger partial charge in [-0.3, -0.25) is 4.79 Å². The number of halogens is 2. The maximum atomic E-state index is 12.6. The summed E-state index contributed by atoms with van der Waals surface area (Å²) in [6, 6.07) is 15.8. The lowest BCUT2D eigenvalue weighted by Crippen LogP contribution is -2.13. The van der Waals surface area contributed by atoms with E-state index in [9.17, 15) is 4.79 Å². The molecule has 1 heterocycles. The standard InChI is InChI=1S/C19H17ClIN3O/c1-12-3-5-14(6-4-12)11-24-18(20)17(13(2)23-24)19(25)22-16-9-7-15(21)8-10-16/h3-10H,11H2,1-2H3,(H,22,25). The van der Waals surface area contributed by atoms with E-state index in [4.69, 9.17) is 11.6 Å². The molecule has 3 aromatic rings. The second-order valence-corrected chi connectivity index (χ2v) is 7.46. The molecule has 0 bridgehead atoms. The number of anilines is 1. The molecule has 0 unspecified atom stereocenters. The van der Waals surface area contributed by atoms with E-state index in [2.05, 4.69) is 33.0 Å². The number of hydrogen-bond acceptors (Lipinski definition) is 2. The van der Waals surface area contributed by atoms with E-state index in [1.165, 1.54) is 5.56 Å². The van der Waals surface area contributed by atoms with Crippen molar-refractivity contribution in [3.05, 3.63) is 79.6 Å². The molecule has 0 aliphatic heterocycles. The summed E-state index contributed by atoms with van der Waals surface area (Å²) in [5.41, 5.74) is 4.03. The zero-order valence-corrected chi connectivity index (χ0v) is 16.8. The van der Waals surface area contributed by atoms with Crippen molar-refractivity contribution < 1.29 is 4.79 Å². The van der Waals surface area contributed by atoms with Gasteiger partial charge in [0, 0.05) is 9.26 Å². The third-order valence-corrected chi connectivity index (χ3v) is 4.95. The van der Waals surface area contributed by atoms with Crippen LogP contribution in [0, 0.1) is 17.4 Å². The van der Waals surface area contributed by atoms with Gasteiger partial charge < -0.3 is 5.32 Å². The molecule has 128 valence electrons. The number of hydrogen-bond donors (Lipinski definition) is 1. The first-order valence-electron chi connectivity index (χ1n) is 7.79. The molecule has 0 atom stereocenters. The Bertz CT molecular complexity index is 902. The maximum Gasteiger partial charge on any atom is 0.260 e. The Kier molecular flexibility index (Phi) is 5.44. The van der Waals surface area contributed by atoms with Crippen LogP contribution in [-0.4, -0.2) is 15.7 Å². The fraction of sp³-hybridized carbons (Fsp3) is 0.158. The number of rotatable bonds is 4. The van der Waals surface area contributed by atoms with Gasteiger partial charge in [-0.25, -0.2) is 4.68 Å². The lowest BCUT2D eigenvalue weighted by molar-refractivity contribution is 0.102. The molecule has 4 nitrogen and oxygen atoms in total. The van der Waals surface area contributed by atoms with Crippen LogP contribution in [0.3, 0.4) is 0 Å². The number of nitrogens with zero attached hydrogens (tertiary/aromatic N) is 2. The topological polar surface area (TPSA) is 46.9 Å². The van der Waals surface area contributed by atoms with Crippen molar-refractivity contribution in [2.24, 2.45) is 0 Å². The first-order valence-corrected chi connectivity index (χ1v) is 9.25. The van der Waals surface area contributed by atoms with Crippen LogP contribution in [0.4, 0.5) is 5.69 Å². The van der Waals surface area contributed by atoms with E-state index in [0.717, 1.165) is 14.8 Å². The number of aromatic nitrogens is 2. The number of aryl methyl sites for hydroxylation is 2. The molecule has 0 aliphatic rings. The Morgan fingerprint density at radius 1 is 1.12 bits per heavy atom. The molecule has 1 N–H and O–H groups in total. The van der Waals surface area contributed by atoms with Gasteiger partial charge in [-0.1, -0.05) is 41.4 Å². The van der Waals surface area contributed by atoms with Crippen LogP contribution >= 0.6 is 34.2 Å². The van der Waals surface area contributed by atoms with Crippen molar-refractivity contribution in [1.29, 1.82) is 0 Å². The van der Waals surface area contributed by atoms with Crippen molar-refractivity contribution in [1.82, 2.24) is 9.78 Å². The first-order chi connectivity index (χ1) is 11.9. The Hall–Kier alpha value is -1.86. The molecular weight excluding hydrogens is 449 g/mol. The van der Waals surface area contributed by atoms with E-state index >= 15 is 0 Å². The minimum atomic E-state index is -0.251. The third kappa shape index (κ3) is 4.22. The Labute approximate surface area is 165 Å². The second-order valence-electron chi connectivity index (χ2n) is 5.86. The van der Waals surface area contributed by atoms with Crippen LogP contribution in [0.15, 0.2) is 48.5 Å². The molecule has 0 fully saturated rings. The lowest BCUT2D eigenvalue weighted by Gasteiger charge is -2.06. The number of benzene rings is 2. The van der Waals surface area contributed by atoms with Crippen molar-refractivity contribution in [2.75, 3.05) is 5.32 Å². The molecule has 0 saturated carbocycles. The molecule has 3 rings (SSSR count). The van der Waals surface area contributed by atoms with E-state index in [1.807, 2.05) is 55.5 Å². The fourth-order valence-corrected chi connectivity index (χ4v) is 3.19. The number of amides is 1. The van der Waals surface area contributed by atoms with Crippen LogP contribution in [0.5, 0.6) is 0 Å². The zero-order chi connectivity index (χ0) is 18.0. The van der Waals surface area contributed by atoms with Gasteiger partial charge in [0.05, 0.1) is 17.8 Å². The summed E-state index contributed by atoms with van der Waals surface area (Å²) in [4.78, 5) is 12.6. The van der Waals surface area contributed by atoms with Gasteiger partial charge in [0.2, 0.25) is 0 Å². The highest BCUT2D eigenvalue weighted by Crippen LogP contribution is 2.23. The number of carbonyl (C=O) groups excluding carboxylic acids is 1. The van der Waals surface area contributed by atoms with Gasteiger partial charge in [-0.05, 0) is 66.3 Å².